The van der Waals surface area contributed by atoms with Crippen molar-refractivity contribution in [3.8, 4) is 11.5 Å². The molecule has 1 heterocycles. The van der Waals surface area contributed by atoms with E-state index in [9.17, 15) is 14.7 Å². The van der Waals surface area contributed by atoms with Gasteiger partial charge in [0.1, 0.15) is 0 Å². The first kappa shape index (κ1) is 17.3. The SMILES string of the molecule is CCOc1cc([C@@H]2NC(=O)N(C)C3=C2C(=O)CC(C)(C)C3)ccc1O. The van der Waals surface area contributed by atoms with Crippen molar-refractivity contribution in [3.63, 3.8) is 0 Å². The average Bonchev–Trinajstić information content (AvgIpc) is 2.52. The number of urea groups is 1. The normalized spacial score (nSPS) is 22.6. The second-order valence-corrected chi connectivity index (χ2v) is 7.40. The van der Waals surface area contributed by atoms with Gasteiger partial charge < -0.3 is 20.1 Å². The van der Waals surface area contributed by atoms with Gasteiger partial charge in [-0.25, -0.2) is 4.79 Å². The maximum atomic E-state index is 12.8. The van der Waals surface area contributed by atoms with E-state index in [0.717, 1.165) is 11.3 Å². The summed E-state index contributed by atoms with van der Waals surface area (Å²) in [5.74, 6) is 0.434. The lowest BCUT2D eigenvalue weighted by Gasteiger charge is -2.42. The molecule has 1 aliphatic carbocycles. The van der Waals surface area contributed by atoms with Crippen molar-refractivity contribution in [1.29, 1.82) is 0 Å². The number of ether oxygens (including phenoxy) is 1. The van der Waals surface area contributed by atoms with E-state index in [4.69, 9.17) is 4.74 Å². The standard InChI is InChI=1S/C19H24N2O4/c1-5-25-15-8-11(6-7-13(15)22)17-16-12(21(4)18(24)20-17)9-19(2,3)10-14(16)23/h6-8,17,22H,5,9-10H2,1-4H3,(H,20,24)/t17-/m0/s1. The van der Waals surface area contributed by atoms with Crippen molar-refractivity contribution in [2.45, 2.75) is 39.7 Å². The Balaban J connectivity index is 2.10. The summed E-state index contributed by atoms with van der Waals surface area (Å²) in [5.41, 5.74) is 1.97. The highest BCUT2D eigenvalue weighted by molar-refractivity contribution is 6.01. The Morgan fingerprint density at radius 3 is 2.72 bits per heavy atom. The minimum Gasteiger partial charge on any atom is -0.504 e. The predicted molar refractivity (Wildman–Crippen MR) is 93.4 cm³/mol. The highest BCUT2D eigenvalue weighted by atomic mass is 16.5. The number of phenolic OH excluding ortho intramolecular Hbond substituents is 1. The minimum atomic E-state index is -0.526. The predicted octanol–water partition coefficient (Wildman–Crippen LogP) is 3.13. The topological polar surface area (TPSA) is 78.9 Å². The molecule has 1 aromatic rings. The lowest BCUT2D eigenvalue weighted by atomic mass is 9.72. The largest absolute Gasteiger partial charge is 0.504 e. The number of nitrogens with one attached hydrogen (secondary N) is 1. The molecule has 1 aromatic carbocycles. The lowest BCUT2D eigenvalue weighted by molar-refractivity contribution is -0.118. The summed E-state index contributed by atoms with van der Waals surface area (Å²) >= 11 is 0. The zero-order valence-electron chi connectivity index (χ0n) is 15.0. The smallest absolute Gasteiger partial charge is 0.322 e. The summed E-state index contributed by atoms with van der Waals surface area (Å²) in [4.78, 5) is 26.8. The second-order valence-electron chi connectivity index (χ2n) is 7.40. The quantitative estimate of drug-likeness (QED) is 0.883. The fourth-order valence-corrected chi connectivity index (χ4v) is 3.58. The Hall–Kier alpha value is -2.50. The number of phenols is 1. The number of aromatic hydroxyl groups is 1. The maximum absolute atomic E-state index is 12.8. The third-order valence-corrected chi connectivity index (χ3v) is 4.78. The fourth-order valence-electron chi connectivity index (χ4n) is 3.58. The highest BCUT2D eigenvalue weighted by Gasteiger charge is 2.42. The molecular formula is C19H24N2O4. The summed E-state index contributed by atoms with van der Waals surface area (Å²) in [5, 5.41) is 12.8. The number of nitrogens with zero attached hydrogens (tertiary/aromatic N) is 1. The molecule has 0 bridgehead atoms. The van der Waals surface area contributed by atoms with E-state index < -0.39 is 6.04 Å². The average molecular weight is 344 g/mol. The number of amides is 2. The highest BCUT2D eigenvalue weighted by Crippen LogP contribution is 2.44. The summed E-state index contributed by atoms with van der Waals surface area (Å²) in [6.07, 6.45) is 1.12. The number of benzene rings is 1. The van der Waals surface area contributed by atoms with E-state index in [1.807, 2.05) is 20.8 Å². The van der Waals surface area contributed by atoms with Crippen molar-refractivity contribution in [2.75, 3.05) is 13.7 Å². The van der Waals surface area contributed by atoms with Gasteiger partial charge in [0, 0.05) is 24.7 Å². The van der Waals surface area contributed by atoms with Crippen LogP contribution in [0.5, 0.6) is 11.5 Å². The van der Waals surface area contributed by atoms with Crippen LogP contribution >= 0.6 is 0 Å². The molecule has 1 aliphatic heterocycles. The second kappa shape index (κ2) is 6.10. The molecule has 6 heteroatoms. The van der Waals surface area contributed by atoms with Crippen LogP contribution in [0.3, 0.4) is 0 Å². The number of allylic oxidation sites excluding steroid dienone is 1. The Bertz CT molecular complexity index is 767. The number of hydrogen-bond acceptors (Lipinski definition) is 4. The molecule has 6 nitrogen and oxygen atoms in total. The summed E-state index contributed by atoms with van der Waals surface area (Å²) in [6, 6.07) is 4.17. The van der Waals surface area contributed by atoms with E-state index in [2.05, 4.69) is 5.32 Å². The van der Waals surface area contributed by atoms with Crippen LogP contribution in [-0.4, -0.2) is 35.5 Å². The van der Waals surface area contributed by atoms with Gasteiger partial charge in [-0.2, -0.15) is 0 Å². The van der Waals surface area contributed by atoms with Gasteiger partial charge in [0.25, 0.3) is 0 Å². The first-order valence-corrected chi connectivity index (χ1v) is 8.49. The van der Waals surface area contributed by atoms with E-state index in [1.54, 1.807) is 19.2 Å². The molecular weight excluding hydrogens is 320 g/mol. The summed E-state index contributed by atoms with van der Waals surface area (Å²) in [7, 11) is 1.69. The van der Waals surface area contributed by atoms with Crippen LogP contribution in [0.4, 0.5) is 4.79 Å². The van der Waals surface area contributed by atoms with Crippen LogP contribution in [0, 0.1) is 5.41 Å². The van der Waals surface area contributed by atoms with Crippen LogP contribution in [0.2, 0.25) is 0 Å². The Morgan fingerprint density at radius 1 is 1.32 bits per heavy atom. The van der Waals surface area contributed by atoms with Crippen molar-refractivity contribution in [1.82, 2.24) is 10.2 Å². The molecule has 2 aliphatic rings. The monoisotopic (exact) mass is 344 g/mol. The van der Waals surface area contributed by atoms with E-state index in [-0.39, 0.29) is 23.0 Å². The third-order valence-electron chi connectivity index (χ3n) is 4.78. The molecule has 2 amide bonds. The van der Waals surface area contributed by atoms with Crippen LogP contribution in [0.25, 0.3) is 0 Å². The lowest BCUT2D eigenvalue weighted by Crippen LogP contribution is -2.49. The number of hydrogen-bond donors (Lipinski definition) is 2. The molecule has 2 N–H and O–H groups in total. The van der Waals surface area contributed by atoms with Gasteiger partial charge in [0.2, 0.25) is 0 Å². The number of Topliss-reactive ketones (excluding diaryl/α,β-unsaturated/α-hetero) is 1. The first-order valence-electron chi connectivity index (χ1n) is 8.49. The molecule has 134 valence electrons. The number of rotatable bonds is 3. The molecule has 0 radical (unpaired) electrons. The van der Waals surface area contributed by atoms with Gasteiger partial charge in [-0.15, -0.1) is 0 Å². The molecule has 0 saturated heterocycles. The van der Waals surface area contributed by atoms with Crippen LogP contribution < -0.4 is 10.1 Å². The van der Waals surface area contributed by atoms with Crippen molar-refractivity contribution in [3.05, 3.63) is 35.0 Å². The van der Waals surface area contributed by atoms with Crippen LogP contribution in [0.15, 0.2) is 29.5 Å². The molecule has 0 spiro atoms. The Labute approximate surface area is 147 Å². The molecule has 3 rings (SSSR count). The van der Waals surface area contributed by atoms with Crippen molar-refractivity contribution in [2.24, 2.45) is 5.41 Å². The number of carbonyl (C=O) groups is 2. The zero-order valence-corrected chi connectivity index (χ0v) is 15.0. The summed E-state index contributed by atoms with van der Waals surface area (Å²) in [6.45, 7) is 6.32. The van der Waals surface area contributed by atoms with Gasteiger partial charge in [-0.3, -0.25) is 4.79 Å². The van der Waals surface area contributed by atoms with E-state index >= 15 is 0 Å². The first-order chi connectivity index (χ1) is 11.7. The van der Waals surface area contributed by atoms with E-state index in [1.165, 1.54) is 11.0 Å². The zero-order chi connectivity index (χ0) is 18.4. The summed E-state index contributed by atoms with van der Waals surface area (Å²) < 4.78 is 5.44. The third kappa shape index (κ3) is 3.08. The van der Waals surface area contributed by atoms with Crippen molar-refractivity contribution < 1.29 is 19.4 Å². The molecule has 0 unspecified atom stereocenters. The molecule has 0 saturated carbocycles. The number of carbonyl (C=O) groups excluding carboxylic acids is 2. The molecule has 0 fully saturated rings. The molecule has 0 aromatic heterocycles. The Kier molecular flexibility index (Phi) is 4.22. The van der Waals surface area contributed by atoms with Gasteiger partial charge in [0.05, 0.1) is 12.6 Å². The molecule has 25 heavy (non-hydrogen) atoms. The van der Waals surface area contributed by atoms with Crippen LogP contribution in [0.1, 0.15) is 45.2 Å². The fraction of sp³-hybridized carbons (Fsp3) is 0.474. The molecule has 1 atom stereocenters. The number of ketones is 1. The van der Waals surface area contributed by atoms with Crippen molar-refractivity contribution >= 4 is 11.8 Å². The van der Waals surface area contributed by atoms with Gasteiger partial charge in [-0.1, -0.05) is 19.9 Å². The van der Waals surface area contributed by atoms with Gasteiger partial charge >= 0.3 is 6.03 Å². The minimum absolute atomic E-state index is 0.0372. The van der Waals surface area contributed by atoms with Gasteiger partial charge in [-0.05, 0) is 36.5 Å². The van der Waals surface area contributed by atoms with E-state index in [0.29, 0.717) is 30.8 Å². The van der Waals surface area contributed by atoms with Crippen LogP contribution in [-0.2, 0) is 4.79 Å². The Morgan fingerprint density at radius 2 is 2.04 bits per heavy atom. The maximum Gasteiger partial charge on any atom is 0.322 e. The van der Waals surface area contributed by atoms with Gasteiger partial charge in [0.15, 0.2) is 17.3 Å².